The van der Waals surface area contributed by atoms with Crippen LogP contribution in [0, 0.1) is 18.7 Å². The second-order valence-electron chi connectivity index (χ2n) is 8.71. The SMILES string of the molecule is Cc1nc(CN2CCC(C(=O)Nc3cc(F)ccc3NC(=O)OC(C)(C)C)CC2)cs1. The van der Waals surface area contributed by atoms with Crippen LogP contribution in [-0.4, -0.2) is 40.6 Å². The number of benzene rings is 1. The minimum absolute atomic E-state index is 0.175. The molecule has 7 nitrogen and oxygen atoms in total. The summed E-state index contributed by atoms with van der Waals surface area (Å²) in [5.74, 6) is -0.855. The molecule has 0 aliphatic carbocycles. The highest BCUT2D eigenvalue weighted by Gasteiger charge is 2.26. The van der Waals surface area contributed by atoms with E-state index in [0.29, 0.717) is 18.5 Å². The number of thiazole rings is 1. The van der Waals surface area contributed by atoms with Gasteiger partial charge in [0.25, 0.3) is 0 Å². The molecule has 0 atom stereocenters. The number of hydrogen-bond acceptors (Lipinski definition) is 6. The van der Waals surface area contributed by atoms with Gasteiger partial charge >= 0.3 is 6.09 Å². The Morgan fingerprint density at radius 3 is 2.55 bits per heavy atom. The second kappa shape index (κ2) is 9.74. The predicted molar refractivity (Wildman–Crippen MR) is 120 cm³/mol. The van der Waals surface area contributed by atoms with Crippen LogP contribution in [-0.2, 0) is 16.1 Å². The van der Waals surface area contributed by atoms with Gasteiger partial charge in [-0.05, 0) is 71.8 Å². The van der Waals surface area contributed by atoms with E-state index in [1.54, 1.807) is 32.1 Å². The lowest BCUT2D eigenvalue weighted by molar-refractivity contribution is -0.121. The third-order valence-corrected chi connectivity index (χ3v) is 5.71. The van der Waals surface area contributed by atoms with E-state index in [1.807, 2.05) is 6.92 Å². The van der Waals surface area contributed by atoms with E-state index in [1.165, 1.54) is 18.2 Å². The van der Waals surface area contributed by atoms with E-state index in [0.717, 1.165) is 30.3 Å². The summed E-state index contributed by atoms with van der Waals surface area (Å²) in [6.45, 7) is 9.61. The van der Waals surface area contributed by atoms with E-state index in [4.69, 9.17) is 4.74 Å². The first-order valence-corrected chi connectivity index (χ1v) is 11.2. The molecule has 9 heteroatoms. The zero-order valence-electron chi connectivity index (χ0n) is 18.3. The summed E-state index contributed by atoms with van der Waals surface area (Å²) >= 11 is 1.64. The van der Waals surface area contributed by atoms with E-state index in [9.17, 15) is 14.0 Å². The summed E-state index contributed by atoms with van der Waals surface area (Å²) in [6, 6.07) is 3.83. The molecule has 168 valence electrons. The van der Waals surface area contributed by atoms with Gasteiger partial charge in [-0.1, -0.05) is 0 Å². The van der Waals surface area contributed by atoms with Crippen LogP contribution in [0.5, 0.6) is 0 Å². The highest BCUT2D eigenvalue weighted by molar-refractivity contribution is 7.09. The van der Waals surface area contributed by atoms with Crippen LogP contribution < -0.4 is 10.6 Å². The number of aryl methyl sites for hydroxylation is 1. The second-order valence-corrected chi connectivity index (χ2v) is 9.78. The Labute approximate surface area is 186 Å². The van der Waals surface area contributed by atoms with Gasteiger partial charge < -0.3 is 10.1 Å². The summed E-state index contributed by atoms with van der Waals surface area (Å²) in [5, 5.41) is 8.48. The van der Waals surface area contributed by atoms with Crippen LogP contribution in [0.1, 0.15) is 44.3 Å². The number of nitrogens with one attached hydrogen (secondary N) is 2. The quantitative estimate of drug-likeness (QED) is 0.687. The minimum Gasteiger partial charge on any atom is -0.444 e. The van der Waals surface area contributed by atoms with Crippen molar-refractivity contribution < 1.29 is 18.7 Å². The number of carbonyl (C=O) groups excluding carboxylic acids is 2. The molecule has 1 fully saturated rings. The van der Waals surface area contributed by atoms with E-state index < -0.39 is 17.5 Å². The Hall–Kier alpha value is -2.52. The number of nitrogens with zero attached hydrogens (tertiary/aromatic N) is 2. The van der Waals surface area contributed by atoms with Crippen molar-refractivity contribution in [3.8, 4) is 0 Å². The minimum atomic E-state index is -0.668. The molecule has 0 saturated carbocycles. The van der Waals surface area contributed by atoms with Crippen molar-refractivity contribution in [1.29, 1.82) is 0 Å². The number of amides is 2. The number of halogens is 1. The molecule has 1 saturated heterocycles. The number of hydrogen-bond donors (Lipinski definition) is 2. The molecule has 1 aromatic heterocycles. The van der Waals surface area contributed by atoms with Crippen molar-refractivity contribution in [3.63, 3.8) is 0 Å². The molecule has 1 aliphatic rings. The van der Waals surface area contributed by atoms with E-state index in [-0.39, 0.29) is 17.5 Å². The van der Waals surface area contributed by atoms with E-state index in [2.05, 4.69) is 25.9 Å². The number of rotatable bonds is 5. The maximum atomic E-state index is 13.8. The standard InChI is InChI=1S/C22H29FN4O3S/c1-14-24-17(13-31-14)12-27-9-7-15(8-10-27)20(28)25-19-11-16(23)5-6-18(19)26-21(29)30-22(2,3)4/h5-6,11,13,15H,7-10,12H2,1-4H3,(H,25,28)(H,26,29). The average Bonchev–Trinajstić information content (AvgIpc) is 3.07. The first-order valence-electron chi connectivity index (χ1n) is 10.3. The van der Waals surface area contributed by atoms with Crippen molar-refractivity contribution in [2.75, 3.05) is 23.7 Å². The predicted octanol–water partition coefficient (Wildman–Crippen LogP) is 4.79. The molecule has 31 heavy (non-hydrogen) atoms. The van der Waals surface area contributed by atoms with Gasteiger partial charge in [0.2, 0.25) is 5.91 Å². The molecular formula is C22H29FN4O3S. The van der Waals surface area contributed by atoms with Gasteiger partial charge in [0.1, 0.15) is 11.4 Å². The van der Waals surface area contributed by atoms with Crippen molar-refractivity contribution in [3.05, 3.63) is 40.1 Å². The summed E-state index contributed by atoms with van der Waals surface area (Å²) in [4.78, 5) is 31.7. The fourth-order valence-electron chi connectivity index (χ4n) is 3.44. The first kappa shape index (κ1) is 23.1. The van der Waals surface area contributed by atoms with Gasteiger partial charge in [0.05, 0.1) is 22.1 Å². The molecule has 3 rings (SSSR count). The van der Waals surface area contributed by atoms with Crippen LogP contribution in [0.2, 0.25) is 0 Å². The Kier molecular flexibility index (Phi) is 7.27. The van der Waals surface area contributed by atoms with Gasteiger partial charge in [-0.25, -0.2) is 14.2 Å². The summed E-state index contributed by atoms with van der Waals surface area (Å²) in [7, 11) is 0. The maximum absolute atomic E-state index is 13.8. The fraction of sp³-hybridized carbons (Fsp3) is 0.500. The Morgan fingerprint density at radius 2 is 1.94 bits per heavy atom. The average molecular weight is 449 g/mol. The number of aromatic nitrogens is 1. The van der Waals surface area contributed by atoms with Gasteiger partial charge in [0, 0.05) is 17.8 Å². The fourth-order valence-corrected chi connectivity index (χ4v) is 4.04. The molecule has 0 unspecified atom stereocenters. The van der Waals surface area contributed by atoms with Gasteiger partial charge in [0.15, 0.2) is 0 Å². The highest BCUT2D eigenvalue weighted by Crippen LogP contribution is 2.27. The third kappa shape index (κ3) is 7.00. The van der Waals surface area contributed by atoms with Gasteiger partial charge in [-0.3, -0.25) is 15.0 Å². The van der Waals surface area contributed by atoms with Crippen LogP contribution in [0.3, 0.4) is 0 Å². The first-order chi connectivity index (χ1) is 14.6. The zero-order chi connectivity index (χ0) is 22.6. The molecule has 2 amide bonds. The lowest BCUT2D eigenvalue weighted by Gasteiger charge is -2.30. The topological polar surface area (TPSA) is 83.6 Å². The maximum Gasteiger partial charge on any atom is 0.412 e. The molecule has 0 radical (unpaired) electrons. The summed E-state index contributed by atoms with van der Waals surface area (Å²) in [5.41, 5.74) is 0.901. The largest absolute Gasteiger partial charge is 0.444 e. The van der Waals surface area contributed by atoms with Crippen LogP contribution in [0.4, 0.5) is 20.6 Å². The monoisotopic (exact) mass is 448 g/mol. The zero-order valence-corrected chi connectivity index (χ0v) is 19.1. The van der Waals surface area contributed by atoms with Crippen LogP contribution in [0.25, 0.3) is 0 Å². The number of carbonyl (C=O) groups is 2. The number of ether oxygens (including phenoxy) is 1. The third-order valence-electron chi connectivity index (χ3n) is 4.89. The summed E-state index contributed by atoms with van der Waals surface area (Å²) < 4.78 is 19.0. The number of likely N-dealkylation sites (tertiary alicyclic amines) is 1. The molecule has 1 aromatic carbocycles. The number of piperidine rings is 1. The Morgan fingerprint density at radius 1 is 1.23 bits per heavy atom. The van der Waals surface area contributed by atoms with Crippen molar-refractivity contribution in [1.82, 2.24) is 9.88 Å². The smallest absolute Gasteiger partial charge is 0.412 e. The van der Waals surface area contributed by atoms with Crippen LogP contribution >= 0.6 is 11.3 Å². The molecule has 0 bridgehead atoms. The van der Waals surface area contributed by atoms with Crippen molar-refractivity contribution in [2.45, 2.75) is 52.7 Å². The highest BCUT2D eigenvalue weighted by atomic mass is 32.1. The molecule has 1 aliphatic heterocycles. The lowest BCUT2D eigenvalue weighted by atomic mass is 9.95. The molecule has 0 spiro atoms. The van der Waals surface area contributed by atoms with Crippen LogP contribution in [0.15, 0.2) is 23.6 Å². The molecule has 2 heterocycles. The molecule has 2 aromatic rings. The summed E-state index contributed by atoms with van der Waals surface area (Å²) in [6.07, 6.45) is 0.748. The van der Waals surface area contributed by atoms with Gasteiger partial charge in [-0.2, -0.15) is 0 Å². The Balaban J connectivity index is 1.57. The van der Waals surface area contributed by atoms with Gasteiger partial charge in [-0.15, -0.1) is 11.3 Å². The molecule has 2 N–H and O–H groups in total. The number of anilines is 2. The van der Waals surface area contributed by atoms with E-state index >= 15 is 0 Å². The van der Waals surface area contributed by atoms with Crippen molar-refractivity contribution >= 4 is 34.7 Å². The normalized spacial score (nSPS) is 15.5. The van der Waals surface area contributed by atoms with Crippen molar-refractivity contribution in [2.24, 2.45) is 5.92 Å². The molecular weight excluding hydrogens is 419 g/mol. The Bertz CT molecular complexity index is 933. The lowest BCUT2D eigenvalue weighted by Crippen LogP contribution is -2.38.